The minimum Gasteiger partial charge on any atom is -0.383 e. The molecule has 0 amide bonds. The van der Waals surface area contributed by atoms with Gasteiger partial charge in [0.15, 0.2) is 0 Å². The second-order valence-corrected chi connectivity index (χ2v) is 4.93. The second kappa shape index (κ2) is 5.86. The molecule has 0 spiro atoms. The molecule has 0 fully saturated rings. The maximum atomic E-state index is 12.2. The maximum Gasteiger partial charge on any atom is 0.332 e. The molecule has 0 aliphatic heterocycles. The van der Waals surface area contributed by atoms with Crippen LogP contribution in [0.3, 0.4) is 0 Å². The van der Waals surface area contributed by atoms with E-state index in [0.717, 1.165) is 16.6 Å². The van der Waals surface area contributed by atoms with Crippen molar-refractivity contribution in [3.63, 3.8) is 0 Å². The number of nitrogens with two attached hydrogens (primary N) is 1. The van der Waals surface area contributed by atoms with Gasteiger partial charge >= 0.3 is 5.69 Å². The summed E-state index contributed by atoms with van der Waals surface area (Å²) in [5.41, 5.74) is 6.32. The molecule has 0 aromatic carbocycles. The topological polar surface area (TPSA) is 99.9 Å². The van der Waals surface area contributed by atoms with Crippen molar-refractivity contribution in [2.24, 2.45) is 14.1 Å². The van der Waals surface area contributed by atoms with Crippen LogP contribution in [-0.2, 0) is 27.2 Å². The molecule has 3 N–H and O–H groups in total. The van der Waals surface area contributed by atoms with E-state index in [1.807, 2.05) is 20.2 Å². The Morgan fingerprint density at radius 2 is 2.05 bits per heavy atom. The van der Waals surface area contributed by atoms with Crippen LogP contribution in [0.1, 0.15) is 18.9 Å². The number of hydrogen-bond acceptors (Lipinski definition) is 5. The molecule has 0 saturated heterocycles. The minimum atomic E-state index is -0.422. The molecule has 2 rings (SSSR count). The van der Waals surface area contributed by atoms with Crippen molar-refractivity contribution in [2.75, 3.05) is 11.1 Å². The summed E-state index contributed by atoms with van der Waals surface area (Å²) in [6, 6.07) is 0. The predicted octanol–water partition coefficient (Wildman–Crippen LogP) is -0.115. The number of rotatable bonds is 5. The van der Waals surface area contributed by atoms with Crippen LogP contribution in [0.2, 0.25) is 0 Å². The van der Waals surface area contributed by atoms with Crippen LogP contribution in [0.25, 0.3) is 0 Å². The van der Waals surface area contributed by atoms with Gasteiger partial charge in [-0.25, -0.2) is 4.79 Å². The third-order valence-electron chi connectivity index (χ3n) is 3.26. The zero-order chi connectivity index (χ0) is 15.6. The monoisotopic (exact) mass is 292 g/mol. The van der Waals surface area contributed by atoms with Crippen LogP contribution < -0.4 is 22.3 Å². The molecule has 0 aliphatic rings. The zero-order valence-electron chi connectivity index (χ0n) is 12.5. The number of aromatic nitrogens is 4. The van der Waals surface area contributed by atoms with Gasteiger partial charge < -0.3 is 11.1 Å². The van der Waals surface area contributed by atoms with Gasteiger partial charge in [-0.3, -0.25) is 18.6 Å². The number of anilines is 2. The molecule has 21 heavy (non-hydrogen) atoms. The minimum absolute atomic E-state index is 0.175. The highest BCUT2D eigenvalue weighted by molar-refractivity contribution is 5.60. The highest BCUT2D eigenvalue weighted by atomic mass is 16.2. The van der Waals surface area contributed by atoms with E-state index in [1.165, 1.54) is 11.6 Å². The highest BCUT2D eigenvalue weighted by Crippen LogP contribution is 2.12. The van der Waals surface area contributed by atoms with Crippen molar-refractivity contribution in [3.05, 3.63) is 38.8 Å². The number of hydrogen-bond donors (Lipinski definition) is 2. The SMILES string of the molecule is CCCn1c(N)c(NCc2cnn(C)c2)c(=O)n(C)c1=O. The molecular formula is C13H20N6O2. The fourth-order valence-corrected chi connectivity index (χ4v) is 2.14. The summed E-state index contributed by atoms with van der Waals surface area (Å²) < 4.78 is 4.15. The third kappa shape index (κ3) is 2.83. The summed E-state index contributed by atoms with van der Waals surface area (Å²) >= 11 is 0. The summed E-state index contributed by atoms with van der Waals surface area (Å²) in [4.78, 5) is 24.2. The molecule has 2 heterocycles. The molecule has 0 aliphatic carbocycles. The maximum absolute atomic E-state index is 12.2. The lowest BCUT2D eigenvalue weighted by Crippen LogP contribution is -2.40. The summed E-state index contributed by atoms with van der Waals surface area (Å²) in [6.45, 7) is 2.83. The quantitative estimate of drug-likeness (QED) is 0.800. The van der Waals surface area contributed by atoms with E-state index in [2.05, 4.69) is 10.4 Å². The Bertz CT molecular complexity index is 755. The molecule has 114 valence electrons. The Kier molecular flexibility index (Phi) is 4.15. The summed E-state index contributed by atoms with van der Waals surface area (Å²) in [7, 11) is 3.27. The first-order chi connectivity index (χ1) is 9.95. The van der Waals surface area contributed by atoms with Gasteiger partial charge in [0, 0.05) is 38.9 Å². The van der Waals surface area contributed by atoms with Crippen LogP contribution in [0.4, 0.5) is 11.5 Å². The summed E-state index contributed by atoms with van der Waals surface area (Å²) in [5.74, 6) is 0.175. The van der Waals surface area contributed by atoms with E-state index >= 15 is 0 Å². The Morgan fingerprint density at radius 3 is 2.62 bits per heavy atom. The number of nitrogens with one attached hydrogen (secondary N) is 1. The zero-order valence-corrected chi connectivity index (χ0v) is 12.5. The molecule has 8 nitrogen and oxygen atoms in total. The molecule has 0 bridgehead atoms. The van der Waals surface area contributed by atoms with Crippen molar-refractivity contribution in [2.45, 2.75) is 26.4 Å². The Labute approximate surface area is 121 Å². The van der Waals surface area contributed by atoms with Crippen molar-refractivity contribution in [1.29, 1.82) is 0 Å². The molecule has 0 saturated carbocycles. The first-order valence-corrected chi connectivity index (χ1v) is 6.76. The Morgan fingerprint density at radius 1 is 1.33 bits per heavy atom. The van der Waals surface area contributed by atoms with Gasteiger partial charge in [-0.15, -0.1) is 0 Å². The van der Waals surface area contributed by atoms with E-state index < -0.39 is 11.2 Å². The summed E-state index contributed by atoms with van der Waals surface area (Å²) in [5, 5.41) is 7.07. The van der Waals surface area contributed by atoms with E-state index in [4.69, 9.17) is 5.73 Å². The average Bonchev–Trinajstić information content (AvgIpc) is 2.87. The van der Waals surface area contributed by atoms with E-state index in [0.29, 0.717) is 13.1 Å². The average molecular weight is 292 g/mol. The van der Waals surface area contributed by atoms with Gasteiger partial charge in [-0.1, -0.05) is 6.92 Å². The van der Waals surface area contributed by atoms with Gasteiger partial charge in [-0.2, -0.15) is 5.10 Å². The largest absolute Gasteiger partial charge is 0.383 e. The molecule has 8 heteroatoms. The lowest BCUT2D eigenvalue weighted by molar-refractivity contribution is 0.600. The lowest BCUT2D eigenvalue weighted by atomic mass is 10.3. The van der Waals surface area contributed by atoms with Gasteiger partial charge in [0.05, 0.1) is 6.20 Å². The third-order valence-corrected chi connectivity index (χ3v) is 3.26. The molecule has 2 aromatic heterocycles. The number of nitrogens with zero attached hydrogens (tertiary/aromatic N) is 4. The fourth-order valence-electron chi connectivity index (χ4n) is 2.14. The van der Waals surface area contributed by atoms with Crippen LogP contribution in [0.15, 0.2) is 22.0 Å². The van der Waals surface area contributed by atoms with Crippen molar-refractivity contribution in [1.82, 2.24) is 18.9 Å². The number of nitrogen functional groups attached to an aromatic ring is 1. The normalized spacial score (nSPS) is 10.8. The second-order valence-electron chi connectivity index (χ2n) is 4.93. The highest BCUT2D eigenvalue weighted by Gasteiger charge is 2.14. The van der Waals surface area contributed by atoms with Crippen molar-refractivity contribution >= 4 is 11.5 Å². The van der Waals surface area contributed by atoms with Gasteiger partial charge in [0.1, 0.15) is 11.5 Å². The van der Waals surface area contributed by atoms with E-state index in [-0.39, 0.29) is 11.5 Å². The Balaban J connectivity index is 2.38. The first-order valence-electron chi connectivity index (χ1n) is 6.76. The van der Waals surface area contributed by atoms with Crippen molar-refractivity contribution in [3.8, 4) is 0 Å². The van der Waals surface area contributed by atoms with E-state index in [9.17, 15) is 9.59 Å². The standard InChI is InChI=1S/C13H20N6O2/c1-4-5-19-11(14)10(12(20)18(3)13(19)21)15-6-9-7-16-17(2)8-9/h7-8,15H,4-6,14H2,1-3H3. The van der Waals surface area contributed by atoms with Crippen LogP contribution in [-0.4, -0.2) is 18.9 Å². The van der Waals surface area contributed by atoms with Gasteiger partial charge in [0.2, 0.25) is 0 Å². The van der Waals surface area contributed by atoms with Crippen LogP contribution >= 0.6 is 0 Å². The lowest BCUT2D eigenvalue weighted by Gasteiger charge is -2.15. The van der Waals surface area contributed by atoms with Gasteiger partial charge in [-0.05, 0) is 6.42 Å². The summed E-state index contributed by atoms with van der Waals surface area (Å²) in [6.07, 6.45) is 4.30. The predicted molar refractivity (Wildman–Crippen MR) is 81.2 cm³/mol. The molecule has 2 aromatic rings. The molecule has 0 radical (unpaired) electrons. The smallest absolute Gasteiger partial charge is 0.332 e. The van der Waals surface area contributed by atoms with Gasteiger partial charge in [0.25, 0.3) is 5.56 Å². The van der Waals surface area contributed by atoms with Crippen molar-refractivity contribution < 1.29 is 0 Å². The first kappa shape index (κ1) is 14.9. The number of aryl methyl sites for hydroxylation is 1. The Hall–Kier alpha value is -2.51. The van der Waals surface area contributed by atoms with Crippen LogP contribution in [0, 0.1) is 0 Å². The van der Waals surface area contributed by atoms with Crippen LogP contribution in [0.5, 0.6) is 0 Å². The fraction of sp³-hybridized carbons (Fsp3) is 0.462. The van der Waals surface area contributed by atoms with E-state index in [1.54, 1.807) is 10.9 Å². The molecule has 0 unspecified atom stereocenters. The molecule has 0 atom stereocenters. The molecular weight excluding hydrogens is 272 g/mol.